The minimum Gasteiger partial charge on any atom is -0.379 e. The first kappa shape index (κ1) is 13.5. The Bertz CT molecular complexity index is 389. The standard InChI is InChI=1S/C14H21N3/c1-11(2)8-14(3,10-16)17-13-6-4-12(9-15)5-7-13/h4-7,11,17H,8,10,16H2,1-3H3. The van der Waals surface area contributed by atoms with E-state index in [0.717, 1.165) is 12.1 Å². The summed E-state index contributed by atoms with van der Waals surface area (Å²) in [6.07, 6.45) is 1.02. The molecule has 0 saturated heterocycles. The van der Waals surface area contributed by atoms with Crippen molar-refractivity contribution in [2.75, 3.05) is 11.9 Å². The molecule has 0 saturated carbocycles. The molecule has 17 heavy (non-hydrogen) atoms. The molecule has 3 N–H and O–H groups in total. The highest BCUT2D eigenvalue weighted by Crippen LogP contribution is 2.21. The van der Waals surface area contributed by atoms with Gasteiger partial charge in [-0.15, -0.1) is 0 Å². The molecule has 0 spiro atoms. The molecule has 0 aromatic heterocycles. The van der Waals surface area contributed by atoms with Crippen LogP contribution < -0.4 is 11.1 Å². The van der Waals surface area contributed by atoms with Gasteiger partial charge in [-0.1, -0.05) is 13.8 Å². The van der Waals surface area contributed by atoms with Crippen molar-refractivity contribution < 1.29 is 0 Å². The largest absolute Gasteiger partial charge is 0.379 e. The quantitative estimate of drug-likeness (QED) is 0.819. The van der Waals surface area contributed by atoms with Gasteiger partial charge in [0.15, 0.2) is 0 Å². The first-order valence-electron chi connectivity index (χ1n) is 5.97. The number of nitriles is 1. The van der Waals surface area contributed by atoms with Crippen molar-refractivity contribution >= 4 is 5.69 Å². The van der Waals surface area contributed by atoms with Crippen molar-refractivity contribution in [3.63, 3.8) is 0 Å². The maximum absolute atomic E-state index is 8.74. The van der Waals surface area contributed by atoms with Crippen LogP contribution in [0.15, 0.2) is 24.3 Å². The third-order valence-corrected chi connectivity index (χ3v) is 2.77. The predicted octanol–water partition coefficient (Wildman–Crippen LogP) is 2.73. The lowest BCUT2D eigenvalue weighted by Gasteiger charge is -2.32. The fraction of sp³-hybridized carbons (Fsp3) is 0.500. The molecule has 0 aliphatic heterocycles. The number of nitrogens with zero attached hydrogens (tertiary/aromatic N) is 1. The van der Waals surface area contributed by atoms with Crippen molar-refractivity contribution in [1.29, 1.82) is 5.26 Å². The Balaban J connectivity index is 2.76. The lowest BCUT2D eigenvalue weighted by atomic mass is 9.90. The van der Waals surface area contributed by atoms with Gasteiger partial charge in [-0.05, 0) is 43.5 Å². The summed E-state index contributed by atoms with van der Waals surface area (Å²) >= 11 is 0. The third-order valence-electron chi connectivity index (χ3n) is 2.77. The molecular formula is C14H21N3. The molecular weight excluding hydrogens is 210 g/mol. The fourth-order valence-electron chi connectivity index (χ4n) is 2.06. The van der Waals surface area contributed by atoms with E-state index < -0.39 is 0 Å². The van der Waals surface area contributed by atoms with E-state index >= 15 is 0 Å². The molecule has 0 fully saturated rings. The lowest BCUT2D eigenvalue weighted by molar-refractivity contribution is 0.407. The summed E-state index contributed by atoms with van der Waals surface area (Å²) in [5.41, 5.74) is 7.44. The Morgan fingerprint density at radius 3 is 2.35 bits per heavy atom. The molecule has 0 heterocycles. The van der Waals surface area contributed by atoms with Crippen LogP contribution in [0, 0.1) is 17.2 Å². The molecule has 1 aromatic rings. The number of nitrogens with one attached hydrogen (secondary N) is 1. The van der Waals surface area contributed by atoms with Crippen LogP contribution in [0.1, 0.15) is 32.8 Å². The molecule has 3 nitrogen and oxygen atoms in total. The fourth-order valence-corrected chi connectivity index (χ4v) is 2.06. The lowest BCUT2D eigenvalue weighted by Crippen LogP contribution is -2.43. The Labute approximate surface area is 104 Å². The molecule has 0 radical (unpaired) electrons. The van der Waals surface area contributed by atoms with E-state index in [1.807, 2.05) is 24.3 Å². The van der Waals surface area contributed by atoms with Gasteiger partial charge in [-0.3, -0.25) is 0 Å². The van der Waals surface area contributed by atoms with Crippen LogP contribution in [0.2, 0.25) is 0 Å². The minimum atomic E-state index is -0.0949. The summed E-state index contributed by atoms with van der Waals surface area (Å²) in [6.45, 7) is 7.10. The van der Waals surface area contributed by atoms with E-state index in [1.54, 1.807) is 0 Å². The monoisotopic (exact) mass is 231 g/mol. The summed E-state index contributed by atoms with van der Waals surface area (Å²) in [5, 5.41) is 12.2. The normalized spacial score (nSPS) is 14.1. The molecule has 0 bridgehead atoms. The van der Waals surface area contributed by atoms with Crippen LogP contribution >= 0.6 is 0 Å². The molecule has 92 valence electrons. The summed E-state index contributed by atoms with van der Waals surface area (Å²) in [4.78, 5) is 0. The van der Waals surface area contributed by atoms with E-state index in [1.165, 1.54) is 0 Å². The highest BCUT2D eigenvalue weighted by Gasteiger charge is 2.23. The van der Waals surface area contributed by atoms with Gasteiger partial charge in [-0.25, -0.2) is 0 Å². The Hall–Kier alpha value is -1.53. The van der Waals surface area contributed by atoms with Crippen LogP contribution in [0.25, 0.3) is 0 Å². The zero-order valence-corrected chi connectivity index (χ0v) is 10.8. The maximum atomic E-state index is 8.74. The summed E-state index contributed by atoms with van der Waals surface area (Å²) in [6, 6.07) is 9.59. The number of anilines is 1. The second-order valence-corrected chi connectivity index (χ2v) is 5.18. The average molecular weight is 231 g/mol. The van der Waals surface area contributed by atoms with Crippen molar-refractivity contribution in [3.8, 4) is 6.07 Å². The molecule has 0 aliphatic rings. The zero-order chi connectivity index (χ0) is 12.9. The van der Waals surface area contributed by atoms with Gasteiger partial charge in [0.1, 0.15) is 0 Å². The van der Waals surface area contributed by atoms with Crippen molar-refractivity contribution in [3.05, 3.63) is 29.8 Å². The van der Waals surface area contributed by atoms with Crippen LogP contribution in [-0.4, -0.2) is 12.1 Å². The molecule has 1 atom stereocenters. The smallest absolute Gasteiger partial charge is 0.0991 e. The van der Waals surface area contributed by atoms with Gasteiger partial charge >= 0.3 is 0 Å². The van der Waals surface area contributed by atoms with E-state index in [0.29, 0.717) is 18.0 Å². The van der Waals surface area contributed by atoms with Gasteiger partial charge in [0.2, 0.25) is 0 Å². The van der Waals surface area contributed by atoms with E-state index in [9.17, 15) is 0 Å². The van der Waals surface area contributed by atoms with Crippen molar-refractivity contribution in [2.45, 2.75) is 32.7 Å². The molecule has 3 heteroatoms. The molecule has 0 aliphatic carbocycles. The number of hydrogen-bond donors (Lipinski definition) is 2. The van der Waals surface area contributed by atoms with E-state index in [-0.39, 0.29) is 5.54 Å². The number of benzene rings is 1. The molecule has 1 unspecified atom stereocenters. The predicted molar refractivity (Wildman–Crippen MR) is 71.7 cm³/mol. The van der Waals surface area contributed by atoms with Crippen LogP contribution in [0.5, 0.6) is 0 Å². The zero-order valence-electron chi connectivity index (χ0n) is 10.8. The molecule has 0 amide bonds. The third kappa shape index (κ3) is 4.08. The second kappa shape index (κ2) is 5.70. The highest BCUT2D eigenvalue weighted by atomic mass is 15.0. The number of hydrogen-bond acceptors (Lipinski definition) is 3. The maximum Gasteiger partial charge on any atom is 0.0991 e. The van der Waals surface area contributed by atoms with Crippen LogP contribution in [-0.2, 0) is 0 Å². The minimum absolute atomic E-state index is 0.0949. The van der Waals surface area contributed by atoms with Gasteiger partial charge in [0, 0.05) is 17.8 Å². The van der Waals surface area contributed by atoms with Crippen LogP contribution in [0.4, 0.5) is 5.69 Å². The topological polar surface area (TPSA) is 61.8 Å². The first-order chi connectivity index (χ1) is 7.99. The average Bonchev–Trinajstić information content (AvgIpc) is 2.29. The number of rotatable bonds is 5. The molecule has 1 aromatic carbocycles. The van der Waals surface area contributed by atoms with E-state index in [4.69, 9.17) is 11.0 Å². The van der Waals surface area contributed by atoms with Crippen molar-refractivity contribution in [1.82, 2.24) is 0 Å². The Kier molecular flexibility index (Phi) is 4.53. The highest BCUT2D eigenvalue weighted by molar-refractivity contribution is 5.49. The van der Waals surface area contributed by atoms with Gasteiger partial charge < -0.3 is 11.1 Å². The van der Waals surface area contributed by atoms with Crippen LogP contribution in [0.3, 0.4) is 0 Å². The van der Waals surface area contributed by atoms with E-state index in [2.05, 4.69) is 32.2 Å². The van der Waals surface area contributed by atoms with Gasteiger partial charge in [0.05, 0.1) is 11.6 Å². The summed E-state index contributed by atoms with van der Waals surface area (Å²) < 4.78 is 0. The van der Waals surface area contributed by atoms with Gasteiger partial charge in [-0.2, -0.15) is 5.26 Å². The summed E-state index contributed by atoms with van der Waals surface area (Å²) in [7, 11) is 0. The van der Waals surface area contributed by atoms with Crippen molar-refractivity contribution in [2.24, 2.45) is 11.7 Å². The Morgan fingerprint density at radius 2 is 1.94 bits per heavy atom. The summed E-state index contributed by atoms with van der Waals surface area (Å²) in [5.74, 6) is 0.592. The SMILES string of the molecule is CC(C)CC(C)(CN)Nc1ccc(C#N)cc1. The second-order valence-electron chi connectivity index (χ2n) is 5.18. The molecule has 1 rings (SSSR count). The van der Waals surface area contributed by atoms with Gasteiger partial charge in [0.25, 0.3) is 0 Å². The Morgan fingerprint density at radius 1 is 1.35 bits per heavy atom. The first-order valence-corrected chi connectivity index (χ1v) is 5.97. The number of nitrogens with two attached hydrogens (primary N) is 1.